The Bertz CT molecular complexity index is 411. The molecule has 1 aromatic rings. The van der Waals surface area contributed by atoms with Crippen molar-refractivity contribution in [2.24, 2.45) is 5.73 Å². The van der Waals surface area contributed by atoms with Crippen molar-refractivity contribution in [1.82, 2.24) is 0 Å². The van der Waals surface area contributed by atoms with Crippen LogP contribution < -0.4 is 5.73 Å². The molecule has 1 unspecified atom stereocenters. The standard InChI is InChI=1S/C10H15NO3S/c1-8-2-4-10(5-3-8)15(13,14)7-9(12)6-11/h2-5,9,12H,6-7,11H2,1H3. The van der Waals surface area contributed by atoms with Gasteiger partial charge in [-0.1, -0.05) is 17.7 Å². The van der Waals surface area contributed by atoms with Crippen LogP contribution in [0.4, 0.5) is 0 Å². The minimum absolute atomic E-state index is 0.0505. The lowest BCUT2D eigenvalue weighted by atomic mass is 10.2. The van der Waals surface area contributed by atoms with E-state index in [4.69, 9.17) is 5.73 Å². The molecule has 0 heterocycles. The summed E-state index contributed by atoms with van der Waals surface area (Å²) < 4.78 is 23.4. The van der Waals surface area contributed by atoms with Crippen LogP contribution in [0.5, 0.6) is 0 Å². The van der Waals surface area contributed by atoms with Crippen molar-refractivity contribution in [2.45, 2.75) is 17.9 Å². The van der Waals surface area contributed by atoms with Gasteiger partial charge in [-0.15, -0.1) is 0 Å². The van der Waals surface area contributed by atoms with Gasteiger partial charge in [0, 0.05) is 6.54 Å². The molecule has 0 aromatic heterocycles. The van der Waals surface area contributed by atoms with Crippen molar-refractivity contribution in [2.75, 3.05) is 12.3 Å². The minimum atomic E-state index is -3.42. The molecule has 84 valence electrons. The maximum atomic E-state index is 11.7. The fraction of sp³-hybridized carbons (Fsp3) is 0.400. The molecular formula is C10H15NO3S. The van der Waals surface area contributed by atoms with Crippen LogP contribution >= 0.6 is 0 Å². The Labute approximate surface area is 89.7 Å². The summed E-state index contributed by atoms with van der Waals surface area (Å²) in [6, 6.07) is 6.52. The molecule has 0 aliphatic carbocycles. The van der Waals surface area contributed by atoms with Gasteiger partial charge in [0.1, 0.15) is 0 Å². The summed E-state index contributed by atoms with van der Waals surface area (Å²) in [5, 5.41) is 9.21. The number of sulfone groups is 1. The third kappa shape index (κ3) is 3.30. The second-order valence-corrected chi connectivity index (χ2v) is 5.52. The molecule has 0 spiro atoms. The number of rotatable bonds is 4. The van der Waals surface area contributed by atoms with Crippen LogP contribution in [0, 0.1) is 6.92 Å². The molecule has 1 atom stereocenters. The van der Waals surface area contributed by atoms with E-state index >= 15 is 0 Å². The average molecular weight is 229 g/mol. The van der Waals surface area contributed by atoms with E-state index in [2.05, 4.69) is 0 Å². The fourth-order valence-electron chi connectivity index (χ4n) is 1.16. The monoisotopic (exact) mass is 229 g/mol. The number of nitrogens with two attached hydrogens (primary N) is 1. The molecule has 0 saturated heterocycles. The summed E-state index contributed by atoms with van der Waals surface area (Å²) in [5.41, 5.74) is 6.16. The van der Waals surface area contributed by atoms with Gasteiger partial charge in [0.2, 0.25) is 0 Å². The van der Waals surface area contributed by atoms with E-state index in [0.717, 1.165) is 5.56 Å². The van der Waals surface area contributed by atoms with E-state index in [1.54, 1.807) is 12.1 Å². The number of aryl methyl sites for hydroxylation is 1. The molecule has 0 aliphatic heterocycles. The van der Waals surface area contributed by atoms with Crippen LogP contribution in [0.1, 0.15) is 5.56 Å². The maximum Gasteiger partial charge on any atom is 0.180 e. The maximum absolute atomic E-state index is 11.7. The summed E-state index contributed by atoms with van der Waals surface area (Å²) in [7, 11) is -3.42. The van der Waals surface area contributed by atoms with Crippen LogP contribution in [0.25, 0.3) is 0 Å². The molecule has 15 heavy (non-hydrogen) atoms. The normalized spacial score (nSPS) is 13.8. The molecule has 5 heteroatoms. The van der Waals surface area contributed by atoms with Gasteiger partial charge >= 0.3 is 0 Å². The summed E-state index contributed by atoms with van der Waals surface area (Å²) in [4.78, 5) is 0.223. The molecule has 1 aromatic carbocycles. The van der Waals surface area contributed by atoms with Crippen LogP contribution in [-0.2, 0) is 9.84 Å². The molecule has 0 fully saturated rings. The van der Waals surface area contributed by atoms with E-state index in [9.17, 15) is 13.5 Å². The Morgan fingerprint density at radius 2 is 1.87 bits per heavy atom. The van der Waals surface area contributed by atoms with Crippen molar-refractivity contribution in [3.63, 3.8) is 0 Å². The first kappa shape index (κ1) is 12.2. The lowest BCUT2D eigenvalue weighted by molar-refractivity contribution is 0.205. The van der Waals surface area contributed by atoms with E-state index in [0.29, 0.717) is 0 Å². The molecule has 0 saturated carbocycles. The Morgan fingerprint density at radius 3 is 2.33 bits per heavy atom. The van der Waals surface area contributed by atoms with Crippen molar-refractivity contribution in [1.29, 1.82) is 0 Å². The highest BCUT2D eigenvalue weighted by Crippen LogP contribution is 2.12. The van der Waals surface area contributed by atoms with E-state index < -0.39 is 15.9 Å². The molecule has 1 rings (SSSR count). The first-order valence-corrected chi connectivity index (χ1v) is 6.28. The van der Waals surface area contributed by atoms with Gasteiger partial charge in [-0.3, -0.25) is 0 Å². The predicted molar refractivity (Wildman–Crippen MR) is 58.3 cm³/mol. The Balaban J connectivity index is 2.91. The Kier molecular flexibility index (Phi) is 3.84. The molecular weight excluding hydrogens is 214 g/mol. The summed E-state index contributed by atoms with van der Waals surface area (Å²) in [5.74, 6) is -0.327. The number of hydrogen-bond acceptors (Lipinski definition) is 4. The smallest absolute Gasteiger partial charge is 0.180 e. The second kappa shape index (κ2) is 4.74. The van der Waals surface area contributed by atoms with Crippen molar-refractivity contribution in [3.05, 3.63) is 29.8 Å². The topological polar surface area (TPSA) is 80.4 Å². The van der Waals surface area contributed by atoms with Crippen molar-refractivity contribution < 1.29 is 13.5 Å². The highest BCUT2D eigenvalue weighted by Gasteiger charge is 2.18. The lowest BCUT2D eigenvalue weighted by Gasteiger charge is -2.08. The van der Waals surface area contributed by atoms with Gasteiger partial charge in [0.05, 0.1) is 16.8 Å². The molecule has 0 aliphatic rings. The Morgan fingerprint density at radius 1 is 1.33 bits per heavy atom. The van der Waals surface area contributed by atoms with Gasteiger partial charge in [0.15, 0.2) is 9.84 Å². The second-order valence-electron chi connectivity index (χ2n) is 3.48. The molecule has 0 amide bonds. The van der Waals surface area contributed by atoms with Gasteiger partial charge < -0.3 is 10.8 Å². The number of aliphatic hydroxyl groups excluding tert-OH is 1. The van der Waals surface area contributed by atoms with Gasteiger partial charge in [-0.25, -0.2) is 8.42 Å². The molecule has 4 nitrogen and oxygen atoms in total. The molecule has 0 radical (unpaired) electrons. The Hall–Kier alpha value is -0.910. The summed E-state index contributed by atoms with van der Waals surface area (Å²) in [6.45, 7) is 1.83. The third-order valence-electron chi connectivity index (χ3n) is 2.06. The summed E-state index contributed by atoms with van der Waals surface area (Å²) >= 11 is 0. The fourth-order valence-corrected chi connectivity index (χ4v) is 2.55. The van der Waals surface area contributed by atoms with E-state index in [1.165, 1.54) is 12.1 Å². The number of aliphatic hydroxyl groups is 1. The first-order valence-electron chi connectivity index (χ1n) is 4.63. The van der Waals surface area contributed by atoms with Gasteiger partial charge in [-0.05, 0) is 19.1 Å². The van der Waals surface area contributed by atoms with E-state index in [1.807, 2.05) is 6.92 Å². The predicted octanol–water partition coefficient (Wildman–Crippen LogP) is 0.0883. The zero-order valence-corrected chi connectivity index (χ0v) is 9.37. The largest absolute Gasteiger partial charge is 0.391 e. The van der Waals surface area contributed by atoms with Crippen LogP contribution in [0.15, 0.2) is 29.2 Å². The zero-order valence-electron chi connectivity index (χ0n) is 8.55. The highest BCUT2D eigenvalue weighted by atomic mass is 32.2. The quantitative estimate of drug-likeness (QED) is 0.766. The first-order chi connectivity index (χ1) is 6.95. The van der Waals surface area contributed by atoms with Crippen molar-refractivity contribution >= 4 is 9.84 Å². The minimum Gasteiger partial charge on any atom is -0.391 e. The number of benzene rings is 1. The molecule has 0 bridgehead atoms. The van der Waals surface area contributed by atoms with Crippen molar-refractivity contribution in [3.8, 4) is 0 Å². The lowest BCUT2D eigenvalue weighted by Crippen LogP contribution is -2.28. The van der Waals surface area contributed by atoms with Crippen LogP contribution in [-0.4, -0.2) is 31.9 Å². The molecule has 3 N–H and O–H groups in total. The zero-order chi connectivity index (χ0) is 11.5. The van der Waals surface area contributed by atoms with Crippen LogP contribution in [0.3, 0.4) is 0 Å². The third-order valence-corrected chi connectivity index (χ3v) is 3.88. The highest BCUT2D eigenvalue weighted by molar-refractivity contribution is 7.91. The number of hydrogen-bond donors (Lipinski definition) is 2. The van der Waals surface area contributed by atoms with Gasteiger partial charge in [0.25, 0.3) is 0 Å². The van der Waals surface area contributed by atoms with Crippen LogP contribution in [0.2, 0.25) is 0 Å². The summed E-state index contributed by atoms with van der Waals surface area (Å²) in [6.07, 6.45) is -1.00. The van der Waals surface area contributed by atoms with Gasteiger partial charge in [-0.2, -0.15) is 0 Å². The van der Waals surface area contributed by atoms with E-state index in [-0.39, 0.29) is 17.2 Å². The SMILES string of the molecule is Cc1ccc(S(=O)(=O)CC(O)CN)cc1. The average Bonchev–Trinajstić information content (AvgIpc) is 2.17.